The first-order valence-corrected chi connectivity index (χ1v) is 17.8. The van der Waals surface area contributed by atoms with Gasteiger partial charge in [0.05, 0.1) is 0 Å². The van der Waals surface area contributed by atoms with Crippen LogP contribution in [0.5, 0.6) is 0 Å². The normalized spacial score (nSPS) is 13.3. The molecule has 10 rings (SSSR count). The number of thiophene rings is 1. The fourth-order valence-electron chi connectivity index (χ4n) is 8.20. The van der Waals surface area contributed by atoms with Crippen molar-refractivity contribution >= 4 is 70.1 Å². The van der Waals surface area contributed by atoms with Crippen molar-refractivity contribution < 1.29 is 0 Å². The van der Waals surface area contributed by atoms with E-state index in [0.29, 0.717) is 0 Å². The van der Waals surface area contributed by atoms with Gasteiger partial charge in [0.2, 0.25) is 0 Å². The van der Waals surface area contributed by atoms with Crippen molar-refractivity contribution in [2.75, 3.05) is 4.90 Å². The average molecular weight is 644 g/mol. The van der Waals surface area contributed by atoms with Crippen molar-refractivity contribution in [3.63, 3.8) is 0 Å². The zero-order valence-corrected chi connectivity index (χ0v) is 28.3. The summed E-state index contributed by atoms with van der Waals surface area (Å²) in [7, 11) is 0. The van der Waals surface area contributed by atoms with Gasteiger partial charge in [0.1, 0.15) is 0 Å². The van der Waals surface area contributed by atoms with Crippen LogP contribution in [-0.4, -0.2) is 0 Å². The van der Waals surface area contributed by atoms with Gasteiger partial charge in [-0.2, -0.15) is 0 Å². The van der Waals surface area contributed by atoms with E-state index in [1.165, 1.54) is 75.1 Å². The SMILES string of the molecule is CC1(C)c2ccccc2-c2c1ccc1sc3ccc(-c4ccc(N(c5ccccc5)c5ccc6ccc7ccccc7c6c5)cc4)cc3c21. The van der Waals surface area contributed by atoms with Crippen molar-refractivity contribution in [1.82, 2.24) is 0 Å². The van der Waals surface area contributed by atoms with E-state index < -0.39 is 0 Å². The van der Waals surface area contributed by atoms with E-state index in [-0.39, 0.29) is 5.41 Å². The van der Waals surface area contributed by atoms with Crippen molar-refractivity contribution in [3.05, 3.63) is 175 Å². The Kier molecular flexibility index (Phi) is 6.16. The molecule has 1 aliphatic carbocycles. The van der Waals surface area contributed by atoms with Crippen LogP contribution in [-0.2, 0) is 5.41 Å². The molecule has 0 fully saturated rings. The summed E-state index contributed by atoms with van der Waals surface area (Å²) in [6.07, 6.45) is 0. The Labute approximate surface area is 290 Å². The lowest BCUT2D eigenvalue weighted by Gasteiger charge is -2.26. The minimum absolute atomic E-state index is 0.00934. The van der Waals surface area contributed by atoms with E-state index in [1.807, 2.05) is 11.3 Å². The van der Waals surface area contributed by atoms with Crippen molar-refractivity contribution in [1.29, 1.82) is 0 Å². The minimum atomic E-state index is -0.00934. The smallest absolute Gasteiger partial charge is 0.0468 e. The summed E-state index contributed by atoms with van der Waals surface area (Å²) in [6, 6.07) is 60.4. The van der Waals surface area contributed by atoms with Crippen LogP contribution in [0.25, 0.3) is 64.0 Å². The molecule has 0 spiro atoms. The molecule has 232 valence electrons. The van der Waals surface area contributed by atoms with Gasteiger partial charge in [0, 0.05) is 42.6 Å². The molecule has 0 saturated carbocycles. The molecular weight excluding hydrogens is 611 g/mol. The fourth-order valence-corrected chi connectivity index (χ4v) is 9.29. The lowest BCUT2D eigenvalue weighted by Crippen LogP contribution is -2.14. The third-order valence-corrected chi connectivity index (χ3v) is 11.8. The van der Waals surface area contributed by atoms with Gasteiger partial charge in [-0.3, -0.25) is 0 Å². The molecule has 0 N–H and O–H groups in total. The Morgan fingerprint density at radius 2 is 1.10 bits per heavy atom. The lowest BCUT2D eigenvalue weighted by atomic mass is 9.82. The van der Waals surface area contributed by atoms with Crippen LogP contribution in [0.3, 0.4) is 0 Å². The van der Waals surface area contributed by atoms with E-state index >= 15 is 0 Å². The predicted octanol–water partition coefficient (Wildman–Crippen LogP) is 13.8. The Hall–Kier alpha value is -5.70. The molecule has 0 amide bonds. The number of hydrogen-bond acceptors (Lipinski definition) is 2. The highest BCUT2D eigenvalue weighted by Crippen LogP contribution is 2.54. The number of benzene rings is 8. The maximum Gasteiger partial charge on any atom is 0.0468 e. The second kappa shape index (κ2) is 10.7. The molecule has 0 saturated heterocycles. The Morgan fingerprint density at radius 1 is 0.449 bits per heavy atom. The Bertz CT molecular complexity index is 2730. The number of hydrogen-bond donors (Lipinski definition) is 0. The highest BCUT2D eigenvalue weighted by molar-refractivity contribution is 7.26. The van der Waals surface area contributed by atoms with Crippen LogP contribution in [0.1, 0.15) is 25.0 Å². The molecule has 1 aliphatic rings. The quantitative estimate of drug-likeness (QED) is 0.173. The molecule has 1 heterocycles. The summed E-state index contributed by atoms with van der Waals surface area (Å²) in [6.45, 7) is 4.73. The van der Waals surface area contributed by atoms with Crippen molar-refractivity contribution in [2.24, 2.45) is 0 Å². The van der Waals surface area contributed by atoms with Gasteiger partial charge in [0.15, 0.2) is 0 Å². The molecule has 1 aromatic heterocycles. The third-order valence-electron chi connectivity index (χ3n) is 10.6. The van der Waals surface area contributed by atoms with Gasteiger partial charge in [-0.1, -0.05) is 123 Å². The van der Waals surface area contributed by atoms with Crippen LogP contribution < -0.4 is 4.90 Å². The van der Waals surface area contributed by atoms with Crippen LogP contribution in [0.2, 0.25) is 0 Å². The summed E-state index contributed by atoms with van der Waals surface area (Å²) in [4.78, 5) is 2.36. The maximum atomic E-state index is 2.42. The molecule has 1 nitrogen and oxygen atoms in total. The van der Waals surface area contributed by atoms with Crippen LogP contribution in [0.4, 0.5) is 17.1 Å². The van der Waals surface area contributed by atoms with Gasteiger partial charge < -0.3 is 4.90 Å². The highest BCUT2D eigenvalue weighted by Gasteiger charge is 2.36. The zero-order valence-electron chi connectivity index (χ0n) is 27.4. The van der Waals surface area contributed by atoms with Gasteiger partial charge in [-0.05, 0) is 110 Å². The molecular formula is C47H33NS. The number of para-hydroxylation sites is 1. The first kappa shape index (κ1) is 28.3. The summed E-state index contributed by atoms with van der Waals surface area (Å²) in [5.41, 5.74) is 11.5. The van der Waals surface area contributed by atoms with E-state index in [9.17, 15) is 0 Å². The van der Waals surface area contributed by atoms with Gasteiger partial charge in [0.25, 0.3) is 0 Å². The average Bonchev–Trinajstić information content (AvgIpc) is 3.64. The maximum absolute atomic E-state index is 2.42. The van der Waals surface area contributed by atoms with Crippen LogP contribution in [0, 0.1) is 0 Å². The second-order valence-corrected chi connectivity index (χ2v) is 14.8. The molecule has 0 radical (unpaired) electrons. The molecule has 0 atom stereocenters. The first-order valence-electron chi connectivity index (χ1n) is 17.0. The standard InChI is InChI=1S/C47H33NS/c1-47(2)41-15-9-8-14-38(41)45-42(47)25-27-44-46(45)40-28-33(21-26-43(40)49-44)30-18-22-35(23-19-30)48(34-11-4-3-5-12-34)36-24-20-32-17-16-31-10-6-7-13-37(31)39(32)29-36/h3-29H,1-2H3. The van der Waals surface area contributed by atoms with E-state index in [4.69, 9.17) is 0 Å². The molecule has 49 heavy (non-hydrogen) atoms. The third kappa shape index (κ3) is 4.31. The second-order valence-electron chi connectivity index (χ2n) is 13.8. The molecule has 0 unspecified atom stereocenters. The zero-order chi connectivity index (χ0) is 32.7. The highest BCUT2D eigenvalue weighted by atomic mass is 32.1. The lowest BCUT2D eigenvalue weighted by molar-refractivity contribution is 0.661. The van der Waals surface area contributed by atoms with Crippen LogP contribution >= 0.6 is 11.3 Å². The van der Waals surface area contributed by atoms with Crippen molar-refractivity contribution in [3.8, 4) is 22.3 Å². The largest absolute Gasteiger partial charge is 0.310 e. The van der Waals surface area contributed by atoms with E-state index in [0.717, 1.165) is 17.1 Å². The molecule has 0 aliphatic heterocycles. The summed E-state index contributed by atoms with van der Waals surface area (Å²) < 4.78 is 2.69. The van der Waals surface area contributed by atoms with Crippen molar-refractivity contribution in [2.45, 2.75) is 19.3 Å². The number of anilines is 3. The summed E-state index contributed by atoms with van der Waals surface area (Å²) in [5, 5.41) is 7.80. The number of rotatable bonds is 4. The fraction of sp³-hybridized carbons (Fsp3) is 0.0638. The summed E-state index contributed by atoms with van der Waals surface area (Å²) >= 11 is 1.90. The summed E-state index contributed by atoms with van der Waals surface area (Å²) in [5.74, 6) is 0. The topological polar surface area (TPSA) is 3.24 Å². The molecule has 0 bridgehead atoms. The predicted molar refractivity (Wildman–Crippen MR) is 212 cm³/mol. The van der Waals surface area contributed by atoms with Crippen LogP contribution in [0.15, 0.2) is 164 Å². The molecule has 9 aromatic rings. The van der Waals surface area contributed by atoms with Gasteiger partial charge in [-0.15, -0.1) is 11.3 Å². The molecule has 2 heteroatoms. The van der Waals surface area contributed by atoms with E-state index in [2.05, 4.69) is 183 Å². The van der Waals surface area contributed by atoms with Gasteiger partial charge in [-0.25, -0.2) is 0 Å². The Balaban J connectivity index is 1.09. The first-order chi connectivity index (χ1) is 24.0. The minimum Gasteiger partial charge on any atom is -0.310 e. The number of nitrogens with zero attached hydrogens (tertiary/aromatic N) is 1. The molecule has 8 aromatic carbocycles. The monoisotopic (exact) mass is 643 g/mol. The number of fused-ring (bicyclic) bond motifs is 10. The Morgan fingerprint density at radius 3 is 1.96 bits per heavy atom. The van der Waals surface area contributed by atoms with E-state index in [1.54, 1.807) is 0 Å². The van der Waals surface area contributed by atoms with Gasteiger partial charge >= 0.3 is 0 Å².